The van der Waals surface area contributed by atoms with Gasteiger partial charge in [-0.1, -0.05) is 6.92 Å². The molecule has 1 saturated heterocycles. The fourth-order valence-corrected chi connectivity index (χ4v) is 3.28. The molecule has 2 heterocycles. The predicted octanol–water partition coefficient (Wildman–Crippen LogP) is 2.07. The fourth-order valence-electron chi connectivity index (χ4n) is 2.36. The highest BCUT2D eigenvalue weighted by Gasteiger charge is 2.33. The van der Waals surface area contributed by atoms with Crippen molar-refractivity contribution in [3.05, 3.63) is 21.9 Å². The number of likely N-dealkylation sites (tertiary alicyclic amines) is 1. The van der Waals surface area contributed by atoms with E-state index in [-0.39, 0.29) is 6.03 Å². The third-order valence-corrected chi connectivity index (χ3v) is 4.38. The number of rotatable bonds is 4. The Morgan fingerprint density at radius 1 is 1.58 bits per heavy atom. The zero-order valence-electron chi connectivity index (χ0n) is 10.9. The van der Waals surface area contributed by atoms with E-state index in [0.29, 0.717) is 19.5 Å². The smallest absolute Gasteiger partial charge is 0.326 e. The molecule has 6 heteroatoms. The third-order valence-electron chi connectivity index (χ3n) is 3.42. The van der Waals surface area contributed by atoms with Crippen LogP contribution in [0.15, 0.2) is 11.4 Å². The summed E-state index contributed by atoms with van der Waals surface area (Å²) in [6, 6.07) is 1.11. The standard InChI is InChI=1S/C13H18N2O3S/c1-2-9-5-7-19-11(9)8-14-13(18)15-6-3-4-10(15)12(16)17/h5,7,10H,2-4,6,8H2,1H3,(H,14,18)(H,16,17)/t10-/m1/s1. The van der Waals surface area contributed by atoms with Crippen LogP contribution in [0.25, 0.3) is 0 Å². The summed E-state index contributed by atoms with van der Waals surface area (Å²) < 4.78 is 0. The van der Waals surface area contributed by atoms with Gasteiger partial charge in [0.05, 0.1) is 6.54 Å². The molecule has 19 heavy (non-hydrogen) atoms. The highest BCUT2D eigenvalue weighted by atomic mass is 32.1. The van der Waals surface area contributed by atoms with Crippen molar-refractivity contribution in [1.29, 1.82) is 0 Å². The molecule has 2 N–H and O–H groups in total. The Hall–Kier alpha value is -1.56. The molecule has 2 rings (SSSR count). The molecule has 1 aromatic heterocycles. The quantitative estimate of drug-likeness (QED) is 0.888. The third kappa shape index (κ3) is 3.07. The molecule has 0 saturated carbocycles. The second-order valence-electron chi connectivity index (χ2n) is 4.57. The van der Waals surface area contributed by atoms with Crippen LogP contribution in [0.2, 0.25) is 0 Å². The minimum atomic E-state index is -0.918. The number of hydrogen-bond donors (Lipinski definition) is 2. The Kier molecular flexibility index (Phi) is 4.42. The molecule has 1 aromatic rings. The zero-order chi connectivity index (χ0) is 13.8. The molecule has 0 aromatic carbocycles. The highest BCUT2D eigenvalue weighted by Crippen LogP contribution is 2.19. The van der Waals surface area contributed by atoms with Gasteiger partial charge in [-0.3, -0.25) is 0 Å². The number of carbonyl (C=O) groups excluding carboxylic acids is 1. The number of amides is 2. The predicted molar refractivity (Wildman–Crippen MR) is 73.3 cm³/mol. The first kappa shape index (κ1) is 13.9. The van der Waals surface area contributed by atoms with E-state index in [1.165, 1.54) is 10.5 Å². The van der Waals surface area contributed by atoms with Crippen LogP contribution < -0.4 is 5.32 Å². The number of urea groups is 1. The second-order valence-corrected chi connectivity index (χ2v) is 5.57. The van der Waals surface area contributed by atoms with Crippen molar-refractivity contribution in [1.82, 2.24) is 10.2 Å². The maximum Gasteiger partial charge on any atom is 0.326 e. The normalized spacial score (nSPS) is 18.6. The summed E-state index contributed by atoms with van der Waals surface area (Å²) >= 11 is 1.62. The van der Waals surface area contributed by atoms with E-state index < -0.39 is 12.0 Å². The molecule has 1 atom stereocenters. The number of carbonyl (C=O) groups is 2. The molecule has 0 bridgehead atoms. The van der Waals surface area contributed by atoms with E-state index >= 15 is 0 Å². The van der Waals surface area contributed by atoms with E-state index in [1.54, 1.807) is 11.3 Å². The van der Waals surface area contributed by atoms with Crippen LogP contribution in [0.1, 0.15) is 30.2 Å². The highest BCUT2D eigenvalue weighted by molar-refractivity contribution is 7.10. The van der Waals surface area contributed by atoms with Crippen molar-refractivity contribution in [3.8, 4) is 0 Å². The summed E-state index contributed by atoms with van der Waals surface area (Å²) in [5, 5.41) is 13.9. The molecular weight excluding hydrogens is 264 g/mol. The minimum absolute atomic E-state index is 0.277. The Balaban J connectivity index is 1.92. The van der Waals surface area contributed by atoms with Crippen molar-refractivity contribution in [3.63, 3.8) is 0 Å². The first-order chi connectivity index (χ1) is 9.13. The summed E-state index contributed by atoms with van der Waals surface area (Å²) in [5.74, 6) is -0.918. The molecule has 0 spiro atoms. The van der Waals surface area contributed by atoms with Crippen LogP contribution in [0.3, 0.4) is 0 Å². The van der Waals surface area contributed by atoms with Gasteiger partial charge in [-0.2, -0.15) is 0 Å². The van der Waals surface area contributed by atoms with Crippen molar-refractivity contribution in [2.24, 2.45) is 0 Å². The van der Waals surface area contributed by atoms with E-state index in [9.17, 15) is 9.59 Å². The van der Waals surface area contributed by atoms with Gasteiger partial charge in [-0.25, -0.2) is 9.59 Å². The van der Waals surface area contributed by atoms with Crippen molar-refractivity contribution in [2.45, 2.75) is 38.8 Å². The van der Waals surface area contributed by atoms with E-state index in [2.05, 4.69) is 18.3 Å². The lowest BCUT2D eigenvalue weighted by Gasteiger charge is -2.21. The maximum atomic E-state index is 12.0. The van der Waals surface area contributed by atoms with Crippen LogP contribution in [0.5, 0.6) is 0 Å². The monoisotopic (exact) mass is 282 g/mol. The lowest BCUT2D eigenvalue weighted by molar-refractivity contribution is -0.141. The fraction of sp³-hybridized carbons (Fsp3) is 0.538. The van der Waals surface area contributed by atoms with Gasteiger partial charge in [-0.15, -0.1) is 11.3 Å². The number of nitrogens with one attached hydrogen (secondary N) is 1. The van der Waals surface area contributed by atoms with Gasteiger partial charge in [0.25, 0.3) is 0 Å². The van der Waals surface area contributed by atoms with Gasteiger partial charge in [0.1, 0.15) is 6.04 Å². The average Bonchev–Trinajstić information content (AvgIpc) is 3.04. The van der Waals surface area contributed by atoms with E-state index in [4.69, 9.17) is 5.11 Å². The number of carboxylic acid groups (broad SMARTS) is 1. The van der Waals surface area contributed by atoms with Crippen molar-refractivity contribution in [2.75, 3.05) is 6.54 Å². The van der Waals surface area contributed by atoms with Crippen molar-refractivity contribution < 1.29 is 14.7 Å². The van der Waals surface area contributed by atoms with Crippen molar-refractivity contribution >= 4 is 23.3 Å². The molecule has 0 unspecified atom stereocenters. The Bertz CT molecular complexity index is 472. The lowest BCUT2D eigenvalue weighted by atomic mass is 10.2. The topological polar surface area (TPSA) is 69.6 Å². The number of aliphatic carboxylic acids is 1. The lowest BCUT2D eigenvalue weighted by Crippen LogP contribution is -2.45. The van der Waals surface area contributed by atoms with Gasteiger partial charge >= 0.3 is 12.0 Å². The van der Waals surface area contributed by atoms with Crippen LogP contribution in [0, 0.1) is 0 Å². The van der Waals surface area contributed by atoms with Gasteiger partial charge in [0.2, 0.25) is 0 Å². The van der Waals surface area contributed by atoms with Gasteiger partial charge in [-0.05, 0) is 36.3 Å². The summed E-state index contributed by atoms with van der Waals surface area (Å²) in [6.07, 6.45) is 2.24. The summed E-state index contributed by atoms with van der Waals surface area (Å²) in [4.78, 5) is 25.6. The van der Waals surface area contributed by atoms with Crippen LogP contribution >= 0.6 is 11.3 Å². The zero-order valence-corrected chi connectivity index (χ0v) is 11.7. The maximum absolute atomic E-state index is 12.0. The SMILES string of the molecule is CCc1ccsc1CNC(=O)N1CCC[C@@H]1C(=O)O. The number of hydrogen-bond acceptors (Lipinski definition) is 3. The van der Waals surface area contributed by atoms with Crippen LogP contribution in [0.4, 0.5) is 4.79 Å². The van der Waals surface area contributed by atoms with E-state index in [1.807, 2.05) is 5.38 Å². The molecule has 2 amide bonds. The Labute approximate surface area is 116 Å². The Morgan fingerprint density at radius 3 is 3.05 bits per heavy atom. The summed E-state index contributed by atoms with van der Waals surface area (Å²) in [5.41, 5.74) is 1.24. The number of aryl methyl sites for hydroxylation is 1. The number of carboxylic acids is 1. The minimum Gasteiger partial charge on any atom is -0.480 e. The van der Waals surface area contributed by atoms with Gasteiger partial charge in [0.15, 0.2) is 0 Å². The van der Waals surface area contributed by atoms with Crippen LogP contribution in [-0.4, -0.2) is 34.6 Å². The largest absolute Gasteiger partial charge is 0.480 e. The van der Waals surface area contributed by atoms with Crippen LogP contribution in [-0.2, 0) is 17.8 Å². The molecule has 104 valence electrons. The Morgan fingerprint density at radius 2 is 2.37 bits per heavy atom. The summed E-state index contributed by atoms with van der Waals surface area (Å²) in [6.45, 7) is 3.07. The molecule has 0 aliphatic carbocycles. The molecule has 0 radical (unpaired) electrons. The first-order valence-corrected chi connectivity index (χ1v) is 7.34. The molecule has 1 aliphatic heterocycles. The second kappa shape index (κ2) is 6.06. The molecular formula is C13H18N2O3S. The number of nitrogens with zero attached hydrogens (tertiary/aromatic N) is 1. The number of thiophene rings is 1. The average molecular weight is 282 g/mol. The summed E-state index contributed by atoms with van der Waals surface area (Å²) in [7, 11) is 0. The molecule has 5 nitrogen and oxygen atoms in total. The van der Waals surface area contributed by atoms with Gasteiger partial charge < -0.3 is 15.3 Å². The molecule has 1 aliphatic rings. The molecule has 1 fully saturated rings. The first-order valence-electron chi connectivity index (χ1n) is 6.46. The van der Waals surface area contributed by atoms with Gasteiger partial charge in [0, 0.05) is 11.4 Å². The van der Waals surface area contributed by atoms with E-state index in [0.717, 1.165) is 17.7 Å².